The number of halogens is 2. The van der Waals surface area contributed by atoms with Gasteiger partial charge >= 0.3 is 6.03 Å². The van der Waals surface area contributed by atoms with E-state index in [-0.39, 0.29) is 34.4 Å². The van der Waals surface area contributed by atoms with E-state index in [0.29, 0.717) is 34.9 Å². The van der Waals surface area contributed by atoms with Crippen LogP contribution in [0.4, 0.5) is 4.79 Å². The van der Waals surface area contributed by atoms with Gasteiger partial charge in [0.15, 0.2) is 0 Å². The first-order valence-corrected chi connectivity index (χ1v) is 12.6. The van der Waals surface area contributed by atoms with E-state index in [1.54, 1.807) is 17.0 Å². The molecule has 3 amide bonds. The molecule has 1 aliphatic heterocycles. The summed E-state index contributed by atoms with van der Waals surface area (Å²) < 4.78 is 0. The van der Waals surface area contributed by atoms with E-state index in [1.807, 2.05) is 24.3 Å². The number of hydrogen-bond acceptors (Lipinski definition) is 5. The number of primary amides is 1. The molecule has 0 spiro atoms. The predicted octanol–water partition coefficient (Wildman–Crippen LogP) is 3.98. The Labute approximate surface area is 224 Å². The smallest absolute Gasteiger partial charge is 0.318 e. The molecule has 8 nitrogen and oxygen atoms in total. The van der Waals surface area contributed by atoms with E-state index in [1.165, 1.54) is 17.2 Å². The van der Waals surface area contributed by atoms with Crippen molar-refractivity contribution < 1.29 is 9.59 Å². The maximum atomic E-state index is 13.3. The summed E-state index contributed by atoms with van der Waals surface area (Å²) in [7, 11) is 0. The number of carbonyl (C=O) groups excluding carboxylic acids is 2. The maximum Gasteiger partial charge on any atom is 0.318 e. The standard InChI is InChI=1S/C27H24Cl2N6O2/c28-20-6-5-17(11-21(20)29)24(31)23(25(32)36)22-14-35(10-9-33-22)26(37)34-27-8-7-18(19(27)12-27)16-3-1-15(13-30)2-4-16/h1-6,11,31,33H,7-10,12,14H2,(H2,32,36)(H,34,37)/b23-22+,31-24?. The molecular weight excluding hydrogens is 511 g/mol. The van der Waals surface area contributed by atoms with Crippen LogP contribution in [0.25, 0.3) is 5.57 Å². The average Bonchev–Trinajstić information content (AvgIpc) is 3.48. The summed E-state index contributed by atoms with van der Waals surface area (Å²) in [6.45, 7) is 0.977. The zero-order valence-electron chi connectivity index (χ0n) is 19.8. The molecular formula is C27H24Cl2N6O2. The number of nitriles is 1. The SMILES string of the molecule is N#Cc1ccc(C2=C3CC3(NC(=O)N3CCN/C(=C(\C(=N)c4ccc(Cl)c(Cl)c4)C(N)=O)C3)CC2)cc1. The number of amides is 3. The van der Waals surface area contributed by atoms with Crippen molar-refractivity contribution in [2.45, 2.75) is 24.8 Å². The Morgan fingerprint density at radius 1 is 1.16 bits per heavy atom. The Kier molecular flexibility index (Phi) is 6.44. The Morgan fingerprint density at radius 3 is 2.57 bits per heavy atom. The van der Waals surface area contributed by atoms with Crippen LogP contribution in [-0.4, -0.2) is 47.7 Å². The molecule has 1 saturated carbocycles. The van der Waals surface area contributed by atoms with Gasteiger partial charge in [-0.15, -0.1) is 0 Å². The summed E-state index contributed by atoms with van der Waals surface area (Å²) in [5.74, 6) is -0.769. The van der Waals surface area contributed by atoms with Crippen LogP contribution in [0.2, 0.25) is 10.0 Å². The Balaban J connectivity index is 1.33. The Bertz CT molecular complexity index is 1440. The van der Waals surface area contributed by atoms with Crippen LogP contribution in [0.15, 0.2) is 59.3 Å². The number of allylic oxidation sites excluding steroid dienone is 1. The summed E-state index contributed by atoms with van der Waals surface area (Å²) in [4.78, 5) is 27.3. The molecule has 2 aromatic carbocycles. The van der Waals surface area contributed by atoms with Gasteiger partial charge in [-0.3, -0.25) is 10.2 Å². The van der Waals surface area contributed by atoms with E-state index in [4.69, 9.17) is 39.6 Å². The number of nitrogens with two attached hydrogens (primary N) is 1. The fraction of sp³-hybridized carbons (Fsp3) is 0.259. The van der Waals surface area contributed by atoms with E-state index in [2.05, 4.69) is 16.7 Å². The van der Waals surface area contributed by atoms with E-state index < -0.39 is 5.91 Å². The Hall–Kier alpha value is -3.80. The van der Waals surface area contributed by atoms with Crippen molar-refractivity contribution >= 4 is 46.4 Å². The number of rotatable bonds is 5. The molecule has 5 rings (SSSR count). The number of fused-ring (bicyclic) bond motifs is 1. The van der Waals surface area contributed by atoms with Crippen LogP contribution in [0, 0.1) is 16.7 Å². The molecule has 1 atom stereocenters. The quantitative estimate of drug-likeness (QED) is 0.340. The zero-order chi connectivity index (χ0) is 26.3. The van der Waals surface area contributed by atoms with Crippen LogP contribution >= 0.6 is 23.2 Å². The van der Waals surface area contributed by atoms with Gasteiger partial charge in [-0.2, -0.15) is 5.26 Å². The number of piperazine rings is 1. The molecule has 5 N–H and O–H groups in total. The minimum Gasteiger partial charge on any atom is -0.384 e. The van der Waals surface area contributed by atoms with Crippen molar-refractivity contribution in [3.8, 4) is 6.07 Å². The van der Waals surface area contributed by atoms with Crippen molar-refractivity contribution in [1.82, 2.24) is 15.5 Å². The lowest BCUT2D eigenvalue weighted by molar-refractivity contribution is -0.114. The molecule has 2 fully saturated rings. The van der Waals surface area contributed by atoms with Gasteiger partial charge in [0.25, 0.3) is 5.91 Å². The van der Waals surface area contributed by atoms with Gasteiger partial charge < -0.3 is 21.3 Å². The number of carbonyl (C=O) groups is 2. The van der Waals surface area contributed by atoms with Gasteiger partial charge in [0.1, 0.15) is 0 Å². The third kappa shape index (κ3) is 4.68. The summed E-state index contributed by atoms with van der Waals surface area (Å²) in [6.07, 6.45) is 2.49. The van der Waals surface area contributed by atoms with Gasteiger partial charge in [-0.25, -0.2) is 4.79 Å². The second-order valence-electron chi connectivity index (χ2n) is 9.41. The van der Waals surface area contributed by atoms with Crippen molar-refractivity contribution in [2.75, 3.05) is 19.6 Å². The molecule has 1 unspecified atom stereocenters. The third-order valence-electron chi connectivity index (χ3n) is 7.17. The summed E-state index contributed by atoms with van der Waals surface area (Å²) in [6, 6.07) is 14.1. The van der Waals surface area contributed by atoms with Crippen LogP contribution in [0.3, 0.4) is 0 Å². The predicted molar refractivity (Wildman–Crippen MR) is 142 cm³/mol. The lowest BCUT2D eigenvalue weighted by Gasteiger charge is -2.32. The number of urea groups is 1. The molecule has 37 heavy (non-hydrogen) atoms. The van der Waals surface area contributed by atoms with Crippen molar-refractivity contribution in [2.24, 2.45) is 5.73 Å². The van der Waals surface area contributed by atoms with Gasteiger partial charge in [-0.05, 0) is 60.2 Å². The molecule has 10 heteroatoms. The molecule has 188 valence electrons. The van der Waals surface area contributed by atoms with Gasteiger partial charge in [0.05, 0.1) is 45.0 Å². The van der Waals surface area contributed by atoms with Gasteiger partial charge in [0.2, 0.25) is 0 Å². The highest BCUT2D eigenvalue weighted by atomic mass is 35.5. The van der Waals surface area contributed by atoms with Crippen LogP contribution in [0.5, 0.6) is 0 Å². The summed E-state index contributed by atoms with van der Waals surface area (Å²) in [5.41, 5.74) is 10.2. The lowest BCUT2D eigenvalue weighted by atomic mass is 9.99. The number of nitrogens with one attached hydrogen (secondary N) is 3. The highest BCUT2D eigenvalue weighted by Gasteiger charge is 2.55. The maximum absolute atomic E-state index is 13.3. The van der Waals surface area contributed by atoms with Crippen molar-refractivity contribution in [3.05, 3.63) is 86.0 Å². The number of hydrogen-bond donors (Lipinski definition) is 4. The largest absolute Gasteiger partial charge is 0.384 e. The summed E-state index contributed by atoms with van der Waals surface area (Å²) >= 11 is 12.1. The molecule has 2 aliphatic carbocycles. The van der Waals surface area contributed by atoms with E-state index >= 15 is 0 Å². The fourth-order valence-electron chi connectivity index (χ4n) is 5.14. The highest BCUT2D eigenvalue weighted by Crippen LogP contribution is 2.57. The number of nitrogens with zero attached hydrogens (tertiary/aromatic N) is 2. The second kappa shape index (κ2) is 9.58. The average molecular weight is 535 g/mol. The van der Waals surface area contributed by atoms with Gasteiger partial charge in [-0.1, -0.05) is 41.4 Å². The first-order valence-electron chi connectivity index (χ1n) is 11.8. The van der Waals surface area contributed by atoms with Crippen LogP contribution in [0.1, 0.15) is 36.0 Å². The normalized spacial score (nSPS) is 21.5. The monoisotopic (exact) mass is 534 g/mol. The molecule has 1 saturated heterocycles. The minimum atomic E-state index is -0.769. The molecule has 0 bridgehead atoms. The molecule has 1 heterocycles. The third-order valence-corrected chi connectivity index (χ3v) is 7.91. The molecule has 3 aliphatic rings. The molecule has 0 aromatic heterocycles. The molecule has 0 radical (unpaired) electrons. The van der Waals surface area contributed by atoms with E-state index in [0.717, 1.165) is 24.8 Å². The summed E-state index contributed by atoms with van der Waals surface area (Å²) in [5, 5.41) is 24.6. The zero-order valence-corrected chi connectivity index (χ0v) is 21.3. The first-order chi connectivity index (χ1) is 17.7. The first kappa shape index (κ1) is 24.9. The fourth-order valence-corrected chi connectivity index (χ4v) is 5.44. The van der Waals surface area contributed by atoms with Gasteiger partial charge in [0, 0.05) is 24.4 Å². The van der Waals surface area contributed by atoms with Crippen LogP contribution < -0.4 is 16.4 Å². The molecule has 2 aromatic rings. The topological polar surface area (TPSA) is 135 Å². The highest BCUT2D eigenvalue weighted by molar-refractivity contribution is 6.42. The minimum absolute atomic E-state index is 0.00466. The number of benzene rings is 2. The van der Waals surface area contributed by atoms with E-state index in [9.17, 15) is 9.59 Å². The second-order valence-corrected chi connectivity index (χ2v) is 10.2. The van der Waals surface area contributed by atoms with Crippen molar-refractivity contribution in [3.63, 3.8) is 0 Å². The van der Waals surface area contributed by atoms with Crippen molar-refractivity contribution in [1.29, 1.82) is 10.7 Å². The Morgan fingerprint density at radius 2 is 1.92 bits per heavy atom. The van der Waals surface area contributed by atoms with Crippen LogP contribution in [-0.2, 0) is 4.79 Å². The lowest BCUT2D eigenvalue weighted by Crippen LogP contribution is -2.52.